The molecule has 0 unspecified atom stereocenters. The number of nitrogens with zero attached hydrogens (tertiary/aromatic N) is 1. The first kappa shape index (κ1) is 14.1. The van der Waals surface area contributed by atoms with Gasteiger partial charge in [0.25, 0.3) is 0 Å². The summed E-state index contributed by atoms with van der Waals surface area (Å²) in [5.41, 5.74) is 2.06. The second kappa shape index (κ2) is 6.19. The van der Waals surface area contributed by atoms with Crippen molar-refractivity contribution in [1.29, 1.82) is 0 Å². The van der Waals surface area contributed by atoms with Crippen molar-refractivity contribution in [2.24, 2.45) is 0 Å². The summed E-state index contributed by atoms with van der Waals surface area (Å²) >= 11 is 0. The van der Waals surface area contributed by atoms with Gasteiger partial charge in [0.05, 0.1) is 19.8 Å². The van der Waals surface area contributed by atoms with Crippen molar-refractivity contribution in [3.05, 3.63) is 53.3 Å². The van der Waals surface area contributed by atoms with Crippen LogP contribution >= 0.6 is 0 Å². The number of hydrogen-bond acceptors (Lipinski definition) is 4. The van der Waals surface area contributed by atoms with E-state index in [4.69, 9.17) is 9.47 Å². The number of ketones is 1. The molecule has 0 saturated heterocycles. The van der Waals surface area contributed by atoms with Crippen LogP contribution in [0.25, 0.3) is 0 Å². The number of ether oxygens (including phenoxy) is 2. The van der Waals surface area contributed by atoms with E-state index in [-0.39, 0.29) is 5.78 Å². The van der Waals surface area contributed by atoms with Crippen LogP contribution in [-0.2, 0) is 6.42 Å². The zero-order valence-electron chi connectivity index (χ0n) is 11.8. The van der Waals surface area contributed by atoms with Gasteiger partial charge in [0.1, 0.15) is 11.5 Å². The molecule has 1 heterocycles. The Labute approximate surface area is 118 Å². The summed E-state index contributed by atoms with van der Waals surface area (Å²) in [5.74, 6) is 1.08. The lowest BCUT2D eigenvalue weighted by atomic mass is 9.98. The first-order chi connectivity index (χ1) is 9.71. The number of rotatable bonds is 5. The highest BCUT2D eigenvalue weighted by Crippen LogP contribution is 2.27. The second-order valence-corrected chi connectivity index (χ2v) is 4.28. The average Bonchev–Trinajstić information content (AvgIpc) is 2.53. The molecule has 2 aromatic rings. The Morgan fingerprint density at radius 1 is 1.15 bits per heavy atom. The van der Waals surface area contributed by atoms with E-state index in [9.17, 15) is 4.79 Å². The molecular weight excluding hydrogens is 254 g/mol. The average molecular weight is 271 g/mol. The first-order valence-electron chi connectivity index (χ1n) is 6.40. The summed E-state index contributed by atoms with van der Waals surface area (Å²) in [7, 11) is 3.12. The van der Waals surface area contributed by atoms with E-state index in [1.807, 2.05) is 6.92 Å². The van der Waals surface area contributed by atoms with Crippen LogP contribution in [0.3, 0.4) is 0 Å². The number of methoxy groups -OCH3 is 2. The topological polar surface area (TPSA) is 48.4 Å². The number of aryl methyl sites for hydroxylation is 1. The van der Waals surface area contributed by atoms with Gasteiger partial charge in [-0.25, -0.2) is 0 Å². The Morgan fingerprint density at radius 2 is 1.95 bits per heavy atom. The minimum Gasteiger partial charge on any atom is -0.497 e. The number of aromatic nitrogens is 1. The molecule has 104 valence electrons. The number of carbonyl (C=O) groups is 1. The first-order valence-corrected chi connectivity index (χ1v) is 6.40. The smallest absolute Gasteiger partial charge is 0.197 e. The molecule has 0 aliphatic rings. The van der Waals surface area contributed by atoms with Crippen LogP contribution in [-0.4, -0.2) is 25.0 Å². The SMILES string of the molecule is CCc1cnccc1C(=O)c1cc(OC)ccc1OC. The predicted octanol–water partition coefficient (Wildman–Crippen LogP) is 2.89. The molecule has 0 fully saturated rings. The molecule has 0 atom stereocenters. The van der Waals surface area contributed by atoms with Gasteiger partial charge in [-0.15, -0.1) is 0 Å². The minimum absolute atomic E-state index is 0.0833. The highest BCUT2D eigenvalue weighted by atomic mass is 16.5. The number of hydrogen-bond donors (Lipinski definition) is 0. The van der Waals surface area contributed by atoms with Crippen molar-refractivity contribution < 1.29 is 14.3 Å². The van der Waals surface area contributed by atoms with Gasteiger partial charge in [-0.2, -0.15) is 0 Å². The molecule has 4 heteroatoms. The van der Waals surface area contributed by atoms with E-state index in [1.165, 1.54) is 0 Å². The predicted molar refractivity (Wildman–Crippen MR) is 76.6 cm³/mol. The molecule has 20 heavy (non-hydrogen) atoms. The Balaban J connectivity index is 2.52. The van der Waals surface area contributed by atoms with Gasteiger partial charge in [0, 0.05) is 18.0 Å². The summed E-state index contributed by atoms with van der Waals surface area (Å²) in [5, 5.41) is 0. The maximum Gasteiger partial charge on any atom is 0.197 e. The minimum atomic E-state index is -0.0833. The quantitative estimate of drug-likeness (QED) is 0.785. The van der Waals surface area contributed by atoms with Gasteiger partial charge >= 0.3 is 0 Å². The Kier molecular flexibility index (Phi) is 4.35. The van der Waals surface area contributed by atoms with Gasteiger partial charge in [-0.05, 0) is 36.2 Å². The van der Waals surface area contributed by atoms with Crippen molar-refractivity contribution in [3.63, 3.8) is 0 Å². The standard InChI is InChI=1S/C16H17NO3/c1-4-11-10-17-8-7-13(11)16(18)14-9-12(19-2)5-6-15(14)20-3/h5-10H,4H2,1-3H3. The molecule has 0 N–H and O–H groups in total. The molecule has 0 amide bonds. The van der Waals surface area contributed by atoms with Gasteiger partial charge in [-0.1, -0.05) is 6.92 Å². The lowest BCUT2D eigenvalue weighted by molar-refractivity contribution is 0.103. The molecule has 1 aromatic heterocycles. The van der Waals surface area contributed by atoms with Crippen molar-refractivity contribution in [1.82, 2.24) is 4.98 Å². The normalized spacial score (nSPS) is 10.2. The van der Waals surface area contributed by atoms with Gasteiger partial charge in [0.2, 0.25) is 0 Å². The molecule has 2 rings (SSSR count). The van der Waals surface area contributed by atoms with Crippen molar-refractivity contribution in [3.8, 4) is 11.5 Å². The number of benzene rings is 1. The molecular formula is C16H17NO3. The molecule has 0 radical (unpaired) electrons. The molecule has 0 spiro atoms. The fourth-order valence-electron chi connectivity index (χ4n) is 2.07. The zero-order chi connectivity index (χ0) is 14.5. The summed E-state index contributed by atoms with van der Waals surface area (Å²) in [6, 6.07) is 6.93. The van der Waals surface area contributed by atoms with E-state index < -0.39 is 0 Å². The van der Waals surface area contributed by atoms with Crippen LogP contribution in [0.4, 0.5) is 0 Å². The summed E-state index contributed by atoms with van der Waals surface area (Å²) in [4.78, 5) is 16.8. The van der Waals surface area contributed by atoms with E-state index in [1.54, 1.807) is 50.9 Å². The molecule has 0 bridgehead atoms. The van der Waals surface area contributed by atoms with E-state index in [0.29, 0.717) is 22.6 Å². The maximum absolute atomic E-state index is 12.7. The highest BCUT2D eigenvalue weighted by molar-refractivity contribution is 6.11. The van der Waals surface area contributed by atoms with Crippen molar-refractivity contribution in [2.45, 2.75) is 13.3 Å². The molecule has 0 aliphatic carbocycles. The number of carbonyl (C=O) groups excluding carboxylic acids is 1. The van der Waals surface area contributed by atoms with Crippen LogP contribution in [0.15, 0.2) is 36.7 Å². The zero-order valence-corrected chi connectivity index (χ0v) is 11.8. The van der Waals surface area contributed by atoms with Crippen molar-refractivity contribution in [2.75, 3.05) is 14.2 Å². The van der Waals surface area contributed by atoms with Gasteiger partial charge in [0.15, 0.2) is 5.78 Å². The molecule has 4 nitrogen and oxygen atoms in total. The van der Waals surface area contributed by atoms with Crippen LogP contribution < -0.4 is 9.47 Å². The van der Waals surface area contributed by atoms with Crippen LogP contribution in [0.2, 0.25) is 0 Å². The van der Waals surface area contributed by atoms with Crippen LogP contribution in [0, 0.1) is 0 Å². The fourth-order valence-corrected chi connectivity index (χ4v) is 2.07. The molecule has 1 aromatic carbocycles. The Bertz CT molecular complexity index is 623. The third kappa shape index (κ3) is 2.64. The van der Waals surface area contributed by atoms with Crippen molar-refractivity contribution >= 4 is 5.78 Å². The van der Waals surface area contributed by atoms with E-state index in [2.05, 4.69) is 4.98 Å². The lowest BCUT2D eigenvalue weighted by Gasteiger charge is -2.11. The monoisotopic (exact) mass is 271 g/mol. The largest absolute Gasteiger partial charge is 0.497 e. The summed E-state index contributed by atoms with van der Waals surface area (Å²) < 4.78 is 10.4. The fraction of sp³-hybridized carbons (Fsp3) is 0.250. The summed E-state index contributed by atoms with van der Waals surface area (Å²) in [6.45, 7) is 2.00. The third-order valence-corrected chi connectivity index (χ3v) is 3.18. The van der Waals surface area contributed by atoms with Crippen LogP contribution in [0.5, 0.6) is 11.5 Å². The third-order valence-electron chi connectivity index (χ3n) is 3.18. The molecule has 0 saturated carbocycles. The van der Waals surface area contributed by atoms with E-state index >= 15 is 0 Å². The number of pyridine rings is 1. The highest BCUT2D eigenvalue weighted by Gasteiger charge is 2.18. The van der Waals surface area contributed by atoms with E-state index in [0.717, 1.165) is 12.0 Å². The molecule has 0 aliphatic heterocycles. The van der Waals surface area contributed by atoms with Crippen LogP contribution in [0.1, 0.15) is 28.4 Å². The lowest BCUT2D eigenvalue weighted by Crippen LogP contribution is -2.07. The second-order valence-electron chi connectivity index (χ2n) is 4.28. The Morgan fingerprint density at radius 3 is 2.60 bits per heavy atom. The Hall–Kier alpha value is -2.36. The van der Waals surface area contributed by atoms with Gasteiger partial charge < -0.3 is 9.47 Å². The van der Waals surface area contributed by atoms with Gasteiger partial charge in [-0.3, -0.25) is 9.78 Å². The summed E-state index contributed by atoms with van der Waals surface area (Å²) in [6.07, 6.45) is 4.10. The maximum atomic E-state index is 12.7.